The molecule has 0 aliphatic carbocycles. The lowest BCUT2D eigenvalue weighted by Gasteiger charge is -2.12. The van der Waals surface area contributed by atoms with Crippen molar-refractivity contribution < 1.29 is 4.58 Å². The molecule has 0 aliphatic heterocycles. The molecular formula is C12H19N2S+. The van der Waals surface area contributed by atoms with Crippen molar-refractivity contribution in [2.24, 2.45) is 0 Å². The summed E-state index contributed by atoms with van der Waals surface area (Å²) in [5, 5.41) is 1.29. The highest BCUT2D eigenvalue weighted by atomic mass is 32.2. The molecular weight excluding hydrogens is 204 g/mol. The standard InChI is InChI=1S/C12H19N2S/c1-13(2)11-8-6-10(7-9-11)12(15-5)14(3)4/h6-9H,1-5H3/q+1. The van der Waals surface area contributed by atoms with Crippen LogP contribution in [-0.4, -0.2) is 44.1 Å². The van der Waals surface area contributed by atoms with E-state index in [0.29, 0.717) is 0 Å². The quantitative estimate of drug-likeness (QED) is 0.430. The summed E-state index contributed by atoms with van der Waals surface area (Å²) in [6.45, 7) is 0. The zero-order valence-electron chi connectivity index (χ0n) is 10.1. The highest BCUT2D eigenvalue weighted by molar-refractivity contribution is 8.13. The lowest BCUT2D eigenvalue weighted by molar-refractivity contribution is -0.460. The summed E-state index contributed by atoms with van der Waals surface area (Å²) in [5.41, 5.74) is 2.51. The van der Waals surface area contributed by atoms with Crippen LogP contribution in [-0.2, 0) is 0 Å². The molecule has 0 fully saturated rings. The van der Waals surface area contributed by atoms with Gasteiger partial charge in [-0.1, -0.05) is 11.8 Å². The van der Waals surface area contributed by atoms with Gasteiger partial charge in [0.1, 0.15) is 14.1 Å². The van der Waals surface area contributed by atoms with Crippen LogP contribution in [0.25, 0.3) is 0 Å². The number of rotatable bonds is 2. The number of benzene rings is 1. The Bertz CT molecular complexity index is 348. The van der Waals surface area contributed by atoms with Gasteiger partial charge in [0, 0.05) is 19.8 Å². The fourth-order valence-electron chi connectivity index (χ4n) is 1.46. The molecule has 1 rings (SSSR count). The van der Waals surface area contributed by atoms with E-state index in [2.05, 4.69) is 68.2 Å². The predicted octanol–water partition coefficient (Wildman–Crippen LogP) is 2.13. The molecule has 0 saturated carbocycles. The van der Waals surface area contributed by atoms with Gasteiger partial charge in [0.2, 0.25) is 5.04 Å². The van der Waals surface area contributed by atoms with Gasteiger partial charge in [-0.2, -0.15) is 0 Å². The maximum absolute atomic E-state index is 2.17. The summed E-state index contributed by atoms with van der Waals surface area (Å²) in [5.74, 6) is 0. The van der Waals surface area contributed by atoms with E-state index < -0.39 is 0 Å². The van der Waals surface area contributed by atoms with Crippen LogP contribution in [0.1, 0.15) is 5.56 Å². The van der Waals surface area contributed by atoms with Gasteiger partial charge in [-0.05, 0) is 30.5 Å². The first-order chi connectivity index (χ1) is 7.06. The molecule has 0 aromatic heterocycles. The van der Waals surface area contributed by atoms with E-state index in [1.54, 1.807) is 11.8 Å². The number of hydrogen-bond acceptors (Lipinski definition) is 2. The second-order valence-electron chi connectivity index (χ2n) is 3.85. The lowest BCUT2D eigenvalue weighted by Crippen LogP contribution is -2.12. The Balaban J connectivity index is 3.03. The molecule has 1 aromatic rings. The summed E-state index contributed by atoms with van der Waals surface area (Å²) >= 11 is 1.77. The molecule has 0 saturated heterocycles. The van der Waals surface area contributed by atoms with Gasteiger partial charge in [0.25, 0.3) is 0 Å². The molecule has 0 aliphatic rings. The minimum Gasteiger partial charge on any atom is -0.378 e. The molecule has 0 bridgehead atoms. The molecule has 3 heteroatoms. The fraction of sp³-hybridized carbons (Fsp3) is 0.417. The van der Waals surface area contributed by atoms with E-state index >= 15 is 0 Å². The highest BCUT2D eigenvalue weighted by Crippen LogP contribution is 2.16. The van der Waals surface area contributed by atoms with Crippen LogP contribution in [0.15, 0.2) is 24.3 Å². The molecule has 1 aromatic carbocycles. The second kappa shape index (κ2) is 5.21. The Morgan fingerprint density at radius 1 is 1.13 bits per heavy atom. The lowest BCUT2D eigenvalue weighted by atomic mass is 10.2. The van der Waals surface area contributed by atoms with Gasteiger partial charge in [-0.3, -0.25) is 0 Å². The van der Waals surface area contributed by atoms with Crippen LogP contribution < -0.4 is 4.90 Å². The van der Waals surface area contributed by atoms with Crippen molar-refractivity contribution in [2.75, 3.05) is 39.3 Å². The van der Waals surface area contributed by atoms with Crippen molar-refractivity contribution in [3.63, 3.8) is 0 Å². The fourth-order valence-corrected chi connectivity index (χ4v) is 2.20. The first kappa shape index (κ1) is 12.1. The first-order valence-corrected chi connectivity index (χ1v) is 6.14. The third-order valence-corrected chi connectivity index (χ3v) is 3.22. The molecule has 0 heterocycles. The van der Waals surface area contributed by atoms with E-state index in [1.165, 1.54) is 16.3 Å². The third kappa shape index (κ3) is 2.99. The minimum absolute atomic E-state index is 1.23. The Labute approximate surface area is 96.6 Å². The summed E-state index contributed by atoms with van der Waals surface area (Å²) < 4.78 is 2.15. The SMILES string of the molecule is CSC(c1ccc(N(C)C)cc1)=[N+](C)C. The van der Waals surface area contributed by atoms with E-state index in [4.69, 9.17) is 0 Å². The van der Waals surface area contributed by atoms with Gasteiger partial charge in [0.15, 0.2) is 0 Å². The van der Waals surface area contributed by atoms with Crippen molar-refractivity contribution in [1.82, 2.24) is 0 Å². The van der Waals surface area contributed by atoms with Crippen molar-refractivity contribution in [2.45, 2.75) is 0 Å². The smallest absolute Gasteiger partial charge is 0.241 e. The third-order valence-electron chi connectivity index (χ3n) is 2.23. The van der Waals surface area contributed by atoms with Crippen LogP contribution in [0.5, 0.6) is 0 Å². The predicted molar refractivity (Wildman–Crippen MR) is 70.5 cm³/mol. The minimum atomic E-state index is 1.23. The molecule has 0 amide bonds. The van der Waals surface area contributed by atoms with E-state index in [1.807, 2.05) is 0 Å². The average Bonchev–Trinajstić information content (AvgIpc) is 2.19. The summed E-state index contributed by atoms with van der Waals surface area (Å²) in [7, 11) is 8.26. The van der Waals surface area contributed by atoms with Gasteiger partial charge >= 0.3 is 0 Å². The van der Waals surface area contributed by atoms with Crippen molar-refractivity contribution in [3.05, 3.63) is 29.8 Å². The normalized spacial score (nSPS) is 9.93. The molecule has 15 heavy (non-hydrogen) atoms. The Kier molecular flexibility index (Phi) is 4.21. The Morgan fingerprint density at radius 3 is 2.00 bits per heavy atom. The highest BCUT2D eigenvalue weighted by Gasteiger charge is 2.09. The van der Waals surface area contributed by atoms with Gasteiger partial charge in [-0.25, -0.2) is 4.58 Å². The van der Waals surface area contributed by atoms with Gasteiger partial charge in [-0.15, -0.1) is 0 Å². The van der Waals surface area contributed by atoms with Crippen LogP contribution in [0.2, 0.25) is 0 Å². The number of thioether (sulfide) groups is 1. The van der Waals surface area contributed by atoms with Crippen molar-refractivity contribution in [1.29, 1.82) is 0 Å². The largest absolute Gasteiger partial charge is 0.378 e. The van der Waals surface area contributed by atoms with E-state index in [-0.39, 0.29) is 0 Å². The number of hydrogen-bond donors (Lipinski definition) is 0. The topological polar surface area (TPSA) is 6.25 Å². The first-order valence-electron chi connectivity index (χ1n) is 4.92. The van der Waals surface area contributed by atoms with Crippen LogP contribution in [0.4, 0.5) is 5.69 Å². The Morgan fingerprint density at radius 2 is 1.67 bits per heavy atom. The zero-order valence-corrected chi connectivity index (χ0v) is 10.9. The molecule has 0 radical (unpaired) electrons. The number of nitrogens with zero attached hydrogens (tertiary/aromatic N) is 2. The molecule has 0 spiro atoms. The maximum Gasteiger partial charge on any atom is 0.241 e. The van der Waals surface area contributed by atoms with Crippen LogP contribution in [0, 0.1) is 0 Å². The zero-order chi connectivity index (χ0) is 11.4. The number of anilines is 1. The van der Waals surface area contributed by atoms with Crippen molar-refractivity contribution in [3.8, 4) is 0 Å². The molecule has 82 valence electrons. The van der Waals surface area contributed by atoms with E-state index in [9.17, 15) is 0 Å². The van der Waals surface area contributed by atoms with Gasteiger partial charge in [0.05, 0.1) is 5.56 Å². The molecule has 0 unspecified atom stereocenters. The van der Waals surface area contributed by atoms with Crippen LogP contribution >= 0.6 is 11.8 Å². The molecule has 0 atom stereocenters. The van der Waals surface area contributed by atoms with E-state index in [0.717, 1.165) is 0 Å². The average molecular weight is 223 g/mol. The van der Waals surface area contributed by atoms with Crippen molar-refractivity contribution >= 4 is 22.5 Å². The maximum atomic E-state index is 2.17. The van der Waals surface area contributed by atoms with Gasteiger partial charge < -0.3 is 4.90 Å². The summed E-state index contributed by atoms with van der Waals surface area (Å²) in [6.07, 6.45) is 2.11. The van der Waals surface area contributed by atoms with Crippen LogP contribution in [0.3, 0.4) is 0 Å². The molecule has 0 N–H and O–H groups in total. The Hall–Kier alpha value is -0.960. The summed E-state index contributed by atoms with van der Waals surface area (Å²) in [4.78, 5) is 2.11. The molecule has 2 nitrogen and oxygen atoms in total. The summed E-state index contributed by atoms with van der Waals surface area (Å²) in [6, 6.07) is 8.63. The monoisotopic (exact) mass is 223 g/mol. The second-order valence-corrected chi connectivity index (χ2v) is 4.64.